The van der Waals surface area contributed by atoms with E-state index in [2.05, 4.69) is 26.0 Å². The molecule has 0 heterocycles. The highest BCUT2D eigenvalue weighted by Gasteiger charge is 2.25. The molecule has 0 saturated heterocycles. The summed E-state index contributed by atoms with van der Waals surface area (Å²) in [5.41, 5.74) is 0. The van der Waals surface area contributed by atoms with Gasteiger partial charge in [-0.3, -0.25) is 18.6 Å². The van der Waals surface area contributed by atoms with Gasteiger partial charge >= 0.3 is 19.8 Å². The first-order valence-electron chi connectivity index (χ1n) is 21.5. The molecule has 8 nitrogen and oxygen atoms in total. The molecule has 0 aromatic heterocycles. The summed E-state index contributed by atoms with van der Waals surface area (Å²) in [6.07, 6.45) is 39.8. The zero-order chi connectivity index (χ0) is 37.5. The Morgan fingerprint density at radius 1 is 0.510 bits per heavy atom. The minimum absolute atomic E-state index is 0.00324. The van der Waals surface area contributed by atoms with Gasteiger partial charge in [0.05, 0.1) is 13.2 Å². The van der Waals surface area contributed by atoms with Gasteiger partial charge in [-0.2, -0.15) is 0 Å². The van der Waals surface area contributed by atoms with Crippen LogP contribution in [0.3, 0.4) is 0 Å². The Balaban J connectivity index is 4.04. The lowest BCUT2D eigenvalue weighted by molar-refractivity contribution is -0.161. The fourth-order valence-corrected chi connectivity index (χ4v) is 6.91. The monoisotopic (exact) mass is 745 g/mol. The van der Waals surface area contributed by atoms with E-state index in [0.29, 0.717) is 12.8 Å². The van der Waals surface area contributed by atoms with Gasteiger partial charge in [-0.25, -0.2) is 4.57 Å². The second-order valence-corrected chi connectivity index (χ2v) is 15.8. The summed E-state index contributed by atoms with van der Waals surface area (Å²) in [4.78, 5) is 34.7. The van der Waals surface area contributed by atoms with Crippen LogP contribution in [0.15, 0.2) is 12.2 Å². The summed E-state index contributed by atoms with van der Waals surface area (Å²) in [6.45, 7) is 5.49. The Bertz CT molecular complexity index is 849. The number of carbonyl (C=O) groups is 2. The van der Waals surface area contributed by atoms with Crippen LogP contribution in [0, 0.1) is 0 Å². The van der Waals surface area contributed by atoms with E-state index < -0.39 is 19.9 Å². The van der Waals surface area contributed by atoms with Crippen molar-refractivity contribution in [3.63, 3.8) is 0 Å². The summed E-state index contributed by atoms with van der Waals surface area (Å²) in [5.74, 6) is -0.790. The molecule has 0 fully saturated rings. The number of esters is 2. The van der Waals surface area contributed by atoms with Crippen molar-refractivity contribution in [2.45, 2.75) is 226 Å². The van der Waals surface area contributed by atoms with Crippen molar-refractivity contribution in [1.29, 1.82) is 0 Å². The highest BCUT2D eigenvalue weighted by Crippen LogP contribution is 2.43. The molecule has 1 N–H and O–H groups in total. The van der Waals surface area contributed by atoms with E-state index in [1.54, 1.807) is 6.92 Å². The maximum absolute atomic E-state index is 12.5. The predicted octanol–water partition coefficient (Wildman–Crippen LogP) is 13.3. The molecule has 0 aliphatic carbocycles. The molecule has 9 heteroatoms. The maximum Gasteiger partial charge on any atom is 0.472 e. The average Bonchev–Trinajstić information content (AvgIpc) is 3.10. The second kappa shape index (κ2) is 38.5. The number of unbranched alkanes of at least 4 members (excludes halogenated alkanes) is 26. The van der Waals surface area contributed by atoms with E-state index in [4.69, 9.17) is 18.5 Å². The smallest absolute Gasteiger partial charge is 0.462 e. The van der Waals surface area contributed by atoms with E-state index >= 15 is 0 Å². The van der Waals surface area contributed by atoms with Gasteiger partial charge in [0.15, 0.2) is 6.10 Å². The summed E-state index contributed by atoms with van der Waals surface area (Å²) in [7, 11) is -4.27. The molecule has 0 amide bonds. The summed E-state index contributed by atoms with van der Waals surface area (Å²) < 4.78 is 32.6. The van der Waals surface area contributed by atoms with Crippen LogP contribution >= 0.6 is 7.82 Å². The van der Waals surface area contributed by atoms with E-state index in [1.165, 1.54) is 148 Å². The topological polar surface area (TPSA) is 108 Å². The Morgan fingerprint density at radius 3 is 1.29 bits per heavy atom. The number of carbonyl (C=O) groups excluding carboxylic acids is 2. The number of hydrogen-bond acceptors (Lipinski definition) is 7. The Hall–Kier alpha value is -1.21. The van der Waals surface area contributed by atoms with Crippen LogP contribution in [0.5, 0.6) is 0 Å². The van der Waals surface area contributed by atoms with E-state index in [0.717, 1.165) is 32.1 Å². The Kier molecular flexibility index (Phi) is 37.6. The summed E-state index contributed by atoms with van der Waals surface area (Å²) in [6, 6.07) is 0. The number of ether oxygens (including phenoxy) is 2. The van der Waals surface area contributed by atoms with Crippen molar-refractivity contribution in [3.8, 4) is 0 Å². The second-order valence-electron chi connectivity index (χ2n) is 14.4. The number of hydrogen-bond donors (Lipinski definition) is 1. The molecule has 51 heavy (non-hydrogen) atoms. The van der Waals surface area contributed by atoms with Crippen LogP contribution in [0.2, 0.25) is 0 Å². The molecule has 0 aliphatic heterocycles. The van der Waals surface area contributed by atoms with Gasteiger partial charge in [0.25, 0.3) is 0 Å². The normalized spacial score (nSPS) is 13.4. The minimum Gasteiger partial charge on any atom is -0.462 e. The molecule has 0 saturated carbocycles. The third kappa shape index (κ3) is 38.3. The fourth-order valence-electron chi connectivity index (χ4n) is 6.15. The van der Waals surface area contributed by atoms with Gasteiger partial charge in [0, 0.05) is 12.8 Å². The molecule has 0 aliphatic rings. The summed E-state index contributed by atoms with van der Waals surface area (Å²) in [5, 5.41) is 0. The van der Waals surface area contributed by atoms with Crippen LogP contribution in [0.1, 0.15) is 220 Å². The van der Waals surface area contributed by atoms with Gasteiger partial charge < -0.3 is 14.4 Å². The molecule has 0 aromatic rings. The first-order valence-corrected chi connectivity index (χ1v) is 23.0. The van der Waals surface area contributed by atoms with Crippen LogP contribution in [0.25, 0.3) is 0 Å². The zero-order valence-corrected chi connectivity index (χ0v) is 34.4. The quantitative estimate of drug-likeness (QED) is 0.0286. The first kappa shape index (κ1) is 49.8. The minimum atomic E-state index is -4.27. The lowest BCUT2D eigenvalue weighted by atomic mass is 10.0. The van der Waals surface area contributed by atoms with Crippen molar-refractivity contribution < 1.29 is 37.6 Å². The van der Waals surface area contributed by atoms with Crippen molar-refractivity contribution in [1.82, 2.24) is 0 Å². The highest BCUT2D eigenvalue weighted by molar-refractivity contribution is 7.47. The molecule has 0 spiro atoms. The number of rotatable bonds is 40. The lowest BCUT2D eigenvalue weighted by Crippen LogP contribution is -2.29. The molecule has 0 radical (unpaired) electrons. The van der Waals surface area contributed by atoms with Crippen LogP contribution in [0.4, 0.5) is 0 Å². The molecule has 2 unspecified atom stereocenters. The van der Waals surface area contributed by atoms with Gasteiger partial charge in [-0.15, -0.1) is 0 Å². The van der Waals surface area contributed by atoms with E-state index in [1.807, 2.05) is 0 Å². The zero-order valence-electron chi connectivity index (χ0n) is 33.5. The SMILES string of the molecule is CCCCCCCC/C=C\CCCCCCCCCCCC(=O)OC(COC(=O)CCCCCCCCCCCCCC)COP(=O)(O)OCC. The maximum atomic E-state index is 12.5. The summed E-state index contributed by atoms with van der Waals surface area (Å²) >= 11 is 0. The molecular weight excluding hydrogens is 663 g/mol. The Morgan fingerprint density at radius 2 is 0.882 bits per heavy atom. The van der Waals surface area contributed by atoms with Crippen molar-refractivity contribution >= 4 is 19.8 Å². The number of phosphoric ester groups is 1. The van der Waals surface area contributed by atoms with Gasteiger partial charge in [0.1, 0.15) is 6.61 Å². The largest absolute Gasteiger partial charge is 0.472 e. The van der Waals surface area contributed by atoms with Gasteiger partial charge in [-0.1, -0.05) is 174 Å². The lowest BCUT2D eigenvalue weighted by Gasteiger charge is -2.19. The first-order chi connectivity index (χ1) is 24.8. The molecule has 0 aromatic carbocycles. The third-order valence-corrected chi connectivity index (χ3v) is 10.4. The predicted molar refractivity (Wildman–Crippen MR) is 212 cm³/mol. The van der Waals surface area contributed by atoms with Gasteiger partial charge in [-0.05, 0) is 45.4 Å². The standard InChI is InChI=1S/C42H81O8P/c1-4-7-9-11-13-15-17-19-20-21-22-23-24-25-27-29-31-33-35-37-42(44)50-40(39-49-51(45,46)48-6-3)38-47-41(43)36-34-32-30-28-26-18-16-14-12-10-8-5-2/h19-20,40H,4-18,21-39H2,1-3H3,(H,45,46)/b20-19-. The molecule has 302 valence electrons. The van der Waals surface area contributed by atoms with Crippen LogP contribution in [-0.2, 0) is 32.7 Å². The molecule has 0 bridgehead atoms. The third-order valence-electron chi connectivity index (χ3n) is 9.32. The Labute approximate surface area is 314 Å². The number of phosphoric acid groups is 1. The molecule has 0 rings (SSSR count). The van der Waals surface area contributed by atoms with E-state index in [-0.39, 0.29) is 32.2 Å². The average molecular weight is 745 g/mol. The van der Waals surface area contributed by atoms with Crippen LogP contribution in [-0.4, -0.2) is 42.8 Å². The van der Waals surface area contributed by atoms with Gasteiger partial charge in [0.2, 0.25) is 0 Å². The van der Waals surface area contributed by atoms with E-state index in [9.17, 15) is 19.0 Å². The number of allylic oxidation sites excluding steroid dienone is 2. The highest BCUT2D eigenvalue weighted by atomic mass is 31.2. The van der Waals surface area contributed by atoms with Crippen molar-refractivity contribution in [2.24, 2.45) is 0 Å². The van der Waals surface area contributed by atoms with Crippen LogP contribution < -0.4 is 0 Å². The molecule has 2 atom stereocenters. The van der Waals surface area contributed by atoms with Crippen molar-refractivity contribution in [3.05, 3.63) is 12.2 Å². The fraction of sp³-hybridized carbons (Fsp3) is 0.905. The molecular formula is C42H81O8P. The van der Waals surface area contributed by atoms with Crippen molar-refractivity contribution in [2.75, 3.05) is 19.8 Å².